The minimum absolute atomic E-state index is 0.526. The van der Waals surface area contributed by atoms with Crippen LogP contribution in [0.4, 0.5) is 17.1 Å². The lowest BCUT2D eigenvalue weighted by atomic mass is 9.68. The fourth-order valence-electron chi connectivity index (χ4n) is 10.6. The van der Waals surface area contributed by atoms with Crippen LogP contribution in [-0.4, -0.2) is 0 Å². The van der Waals surface area contributed by atoms with Crippen LogP contribution in [0.2, 0.25) is 0 Å². The van der Waals surface area contributed by atoms with Crippen molar-refractivity contribution in [1.82, 2.24) is 0 Å². The predicted octanol–water partition coefficient (Wildman–Crippen LogP) is 17.3. The lowest BCUT2D eigenvalue weighted by Crippen LogP contribution is -2.28. The highest BCUT2D eigenvalue weighted by molar-refractivity contribution is 6.00. The minimum atomic E-state index is -0.526. The van der Waals surface area contributed by atoms with Gasteiger partial charge in [0.25, 0.3) is 0 Å². The maximum absolute atomic E-state index is 2.50. The summed E-state index contributed by atoms with van der Waals surface area (Å²) in [5.41, 5.74) is 19.9. The Hall–Kier alpha value is -8.52. The SMILES string of the molecule is c1ccc(-c2cccc(-c3ccccc3N(c3ccc(-c4ccc(-c5cccc6ccccc56)cc4)cc3)c3cccc4c3-c3ccccc3C4(c3ccccc3)c3ccccc3)c2)cc1. The molecule has 66 heavy (non-hydrogen) atoms. The van der Waals surface area contributed by atoms with Gasteiger partial charge in [-0.25, -0.2) is 0 Å². The number of hydrogen-bond acceptors (Lipinski definition) is 1. The standard InChI is InChI=1S/C65H45N/c1-4-19-46(20-5-1)51-23-16-24-52(45-51)58-30-13-15-35-62(58)66(55-43-41-48(42-44-55)47-37-39-50(40-38-47)57-32-17-22-49-21-10-11-29-56(49)57)63-36-18-34-61-64(63)59-31-12-14-33-60(59)65(61,53-25-6-2-7-26-53)54-27-8-3-9-28-54/h1-45H. The van der Waals surface area contributed by atoms with E-state index in [0.717, 1.165) is 28.2 Å². The molecule has 0 fully saturated rings. The molecule has 11 aromatic carbocycles. The lowest BCUT2D eigenvalue weighted by Gasteiger charge is -2.34. The van der Waals surface area contributed by atoms with E-state index in [1.807, 2.05) is 0 Å². The molecule has 0 amide bonds. The Morgan fingerprint density at radius 1 is 0.273 bits per heavy atom. The van der Waals surface area contributed by atoms with Crippen molar-refractivity contribution in [2.45, 2.75) is 5.41 Å². The van der Waals surface area contributed by atoms with E-state index in [4.69, 9.17) is 0 Å². The molecule has 0 spiro atoms. The molecule has 0 unspecified atom stereocenters. The van der Waals surface area contributed by atoms with Crippen LogP contribution in [0.1, 0.15) is 22.3 Å². The van der Waals surface area contributed by atoms with E-state index in [1.165, 1.54) is 77.5 Å². The quantitative estimate of drug-likeness (QED) is 0.140. The number of anilines is 3. The normalized spacial score (nSPS) is 12.4. The zero-order chi connectivity index (χ0) is 43.9. The van der Waals surface area contributed by atoms with Gasteiger partial charge in [-0.1, -0.05) is 243 Å². The molecule has 1 aliphatic carbocycles. The fraction of sp³-hybridized carbons (Fsp3) is 0.0154. The van der Waals surface area contributed by atoms with Gasteiger partial charge >= 0.3 is 0 Å². The second-order valence-electron chi connectivity index (χ2n) is 17.2. The number of para-hydroxylation sites is 1. The van der Waals surface area contributed by atoms with Crippen molar-refractivity contribution < 1.29 is 0 Å². The van der Waals surface area contributed by atoms with Gasteiger partial charge in [-0.15, -0.1) is 0 Å². The summed E-state index contributed by atoms with van der Waals surface area (Å²) in [5, 5.41) is 2.52. The first-order valence-electron chi connectivity index (χ1n) is 22.8. The molecule has 0 aromatic heterocycles. The molecule has 11 aromatic rings. The zero-order valence-electron chi connectivity index (χ0n) is 36.4. The first kappa shape index (κ1) is 39.1. The van der Waals surface area contributed by atoms with Crippen molar-refractivity contribution in [3.8, 4) is 55.6 Å². The smallest absolute Gasteiger partial charge is 0.0714 e. The molecule has 0 heterocycles. The largest absolute Gasteiger partial charge is 0.309 e. The molecule has 1 nitrogen and oxygen atoms in total. The Kier molecular flexibility index (Phi) is 9.81. The van der Waals surface area contributed by atoms with Crippen molar-refractivity contribution >= 4 is 27.8 Å². The molecule has 1 heteroatoms. The third-order valence-electron chi connectivity index (χ3n) is 13.6. The number of rotatable bonds is 9. The van der Waals surface area contributed by atoms with E-state index in [2.05, 4.69) is 278 Å². The number of benzene rings is 11. The number of nitrogens with zero attached hydrogens (tertiary/aromatic N) is 1. The van der Waals surface area contributed by atoms with Gasteiger partial charge in [0, 0.05) is 16.8 Å². The molecule has 0 radical (unpaired) electrons. The average molecular weight is 840 g/mol. The third-order valence-corrected chi connectivity index (χ3v) is 13.6. The number of fused-ring (bicyclic) bond motifs is 4. The molecule has 0 atom stereocenters. The van der Waals surface area contributed by atoms with Crippen LogP contribution in [0, 0.1) is 0 Å². The Morgan fingerprint density at radius 3 is 1.48 bits per heavy atom. The summed E-state index contributed by atoms with van der Waals surface area (Å²) < 4.78 is 0. The van der Waals surface area contributed by atoms with Crippen LogP contribution >= 0.6 is 0 Å². The van der Waals surface area contributed by atoms with E-state index in [9.17, 15) is 0 Å². The average Bonchev–Trinajstić information content (AvgIpc) is 3.71. The summed E-state index contributed by atoms with van der Waals surface area (Å²) in [4.78, 5) is 2.50. The Labute approximate surface area is 387 Å². The highest BCUT2D eigenvalue weighted by Crippen LogP contribution is 2.60. The third kappa shape index (κ3) is 6.56. The van der Waals surface area contributed by atoms with Crippen LogP contribution in [0.15, 0.2) is 273 Å². The molecule has 0 N–H and O–H groups in total. The molecule has 0 saturated carbocycles. The highest BCUT2D eigenvalue weighted by Gasteiger charge is 2.47. The van der Waals surface area contributed by atoms with Gasteiger partial charge < -0.3 is 4.90 Å². The van der Waals surface area contributed by atoms with Gasteiger partial charge in [0.05, 0.1) is 16.8 Å². The summed E-state index contributed by atoms with van der Waals surface area (Å²) in [7, 11) is 0. The van der Waals surface area contributed by atoms with Crippen LogP contribution in [0.5, 0.6) is 0 Å². The maximum Gasteiger partial charge on any atom is 0.0714 e. The molecule has 0 aliphatic heterocycles. The molecule has 0 saturated heterocycles. The van der Waals surface area contributed by atoms with Gasteiger partial charge in [-0.3, -0.25) is 0 Å². The van der Waals surface area contributed by atoms with Crippen LogP contribution in [0.3, 0.4) is 0 Å². The van der Waals surface area contributed by atoms with Crippen molar-refractivity contribution in [2.24, 2.45) is 0 Å². The van der Waals surface area contributed by atoms with Crippen molar-refractivity contribution in [2.75, 3.05) is 4.90 Å². The molecule has 1 aliphatic rings. The molecule has 0 bridgehead atoms. The Bertz CT molecular complexity index is 3460. The Balaban J connectivity index is 1.05. The number of hydrogen-bond donors (Lipinski definition) is 0. The molecular formula is C65H45N. The highest BCUT2D eigenvalue weighted by atomic mass is 15.1. The van der Waals surface area contributed by atoms with E-state index in [0.29, 0.717) is 0 Å². The summed E-state index contributed by atoms with van der Waals surface area (Å²) >= 11 is 0. The van der Waals surface area contributed by atoms with E-state index in [1.54, 1.807) is 0 Å². The van der Waals surface area contributed by atoms with E-state index >= 15 is 0 Å². The topological polar surface area (TPSA) is 3.24 Å². The predicted molar refractivity (Wildman–Crippen MR) is 278 cm³/mol. The molecule has 310 valence electrons. The second kappa shape index (κ2) is 16.6. The Morgan fingerprint density at radius 2 is 0.742 bits per heavy atom. The van der Waals surface area contributed by atoms with E-state index in [-0.39, 0.29) is 0 Å². The summed E-state index contributed by atoms with van der Waals surface area (Å²) in [5.74, 6) is 0. The first-order chi connectivity index (χ1) is 32.8. The van der Waals surface area contributed by atoms with Gasteiger partial charge in [-0.05, 0) is 108 Å². The fourth-order valence-corrected chi connectivity index (χ4v) is 10.6. The van der Waals surface area contributed by atoms with Gasteiger partial charge in [0.15, 0.2) is 0 Å². The first-order valence-corrected chi connectivity index (χ1v) is 22.8. The lowest BCUT2D eigenvalue weighted by molar-refractivity contribution is 0.768. The van der Waals surface area contributed by atoms with Crippen LogP contribution in [0.25, 0.3) is 66.4 Å². The van der Waals surface area contributed by atoms with Crippen LogP contribution in [-0.2, 0) is 5.41 Å². The zero-order valence-corrected chi connectivity index (χ0v) is 36.4. The van der Waals surface area contributed by atoms with Gasteiger partial charge in [0.1, 0.15) is 0 Å². The van der Waals surface area contributed by atoms with E-state index < -0.39 is 5.41 Å². The molecule has 12 rings (SSSR count). The van der Waals surface area contributed by atoms with Crippen molar-refractivity contribution in [3.63, 3.8) is 0 Å². The second-order valence-corrected chi connectivity index (χ2v) is 17.2. The molecular weight excluding hydrogens is 795 g/mol. The minimum Gasteiger partial charge on any atom is -0.309 e. The summed E-state index contributed by atoms with van der Waals surface area (Å²) in [6.45, 7) is 0. The van der Waals surface area contributed by atoms with Crippen molar-refractivity contribution in [1.29, 1.82) is 0 Å². The van der Waals surface area contributed by atoms with Gasteiger partial charge in [-0.2, -0.15) is 0 Å². The summed E-state index contributed by atoms with van der Waals surface area (Å²) in [6.07, 6.45) is 0. The van der Waals surface area contributed by atoms with Crippen LogP contribution < -0.4 is 4.90 Å². The summed E-state index contributed by atoms with van der Waals surface area (Å²) in [6, 6.07) is 100. The van der Waals surface area contributed by atoms with Gasteiger partial charge in [0.2, 0.25) is 0 Å². The maximum atomic E-state index is 2.50. The van der Waals surface area contributed by atoms with Crippen molar-refractivity contribution in [3.05, 3.63) is 295 Å². The monoisotopic (exact) mass is 839 g/mol.